The maximum Gasteiger partial charge on any atom is 0.142 e. The summed E-state index contributed by atoms with van der Waals surface area (Å²) in [5, 5.41) is 0. The van der Waals surface area contributed by atoms with Crippen molar-refractivity contribution < 1.29 is 4.42 Å². The van der Waals surface area contributed by atoms with Crippen LogP contribution in [0.25, 0.3) is 62.1 Å². The summed E-state index contributed by atoms with van der Waals surface area (Å²) in [6.07, 6.45) is 6.45. The second-order valence-electron chi connectivity index (χ2n) is 12.3. The molecule has 0 bridgehead atoms. The van der Waals surface area contributed by atoms with E-state index < -0.39 is 0 Å². The molecule has 1 aliphatic rings. The Morgan fingerprint density at radius 3 is 1.98 bits per heavy atom. The van der Waals surface area contributed by atoms with Crippen LogP contribution in [0.5, 0.6) is 0 Å². The molecule has 7 rings (SSSR count). The Morgan fingerprint density at radius 2 is 1.30 bits per heavy atom. The van der Waals surface area contributed by atoms with Crippen LogP contribution in [0.2, 0.25) is 0 Å². The number of benzene rings is 4. The Morgan fingerprint density at radius 1 is 0.651 bits per heavy atom. The predicted octanol–water partition coefficient (Wildman–Crippen LogP) is 11.5. The highest BCUT2D eigenvalue weighted by Crippen LogP contribution is 2.48. The van der Waals surface area contributed by atoms with E-state index in [4.69, 9.17) is 4.42 Å². The molecule has 6 aromatic rings. The summed E-state index contributed by atoms with van der Waals surface area (Å²) in [7, 11) is 0. The van der Waals surface area contributed by atoms with Gasteiger partial charge in [0.25, 0.3) is 0 Å². The highest BCUT2D eigenvalue weighted by molar-refractivity contribution is 5.96. The summed E-state index contributed by atoms with van der Waals surface area (Å²) in [4.78, 5) is 0. The summed E-state index contributed by atoms with van der Waals surface area (Å²) in [6.45, 7) is 6.83. The fourth-order valence-corrected chi connectivity index (χ4v) is 6.08. The lowest BCUT2D eigenvalue weighted by molar-refractivity contribution is 0.588. The average molecular weight is 555 g/mol. The Bertz CT molecular complexity index is 1840. The standard InChI is InChI=1S/C42H34O/c1-42(2,3)34-27-37(31-17-9-5-10-18-31)39(38(28-34)32-19-11-6-12-20-32)41-36-22-14-13-21-35(36)40(43-41)33-25-23-30(24-26-33)29-15-7-4-8-16-29/h4-11,13,15-19,21,23-28H,14,22H2,1-3H3. The summed E-state index contributed by atoms with van der Waals surface area (Å²) in [5.74, 6) is 1.88. The molecule has 0 unspecified atom stereocenters. The van der Waals surface area contributed by atoms with Gasteiger partial charge in [0, 0.05) is 33.4 Å². The van der Waals surface area contributed by atoms with Gasteiger partial charge in [-0.2, -0.15) is 0 Å². The van der Waals surface area contributed by atoms with Crippen LogP contribution in [0.1, 0.15) is 43.9 Å². The molecule has 1 aromatic heterocycles. The quantitative estimate of drug-likeness (QED) is 0.207. The largest absolute Gasteiger partial charge is 0.455 e. The second kappa shape index (κ2) is 11.0. The lowest BCUT2D eigenvalue weighted by Gasteiger charge is -2.24. The third-order valence-corrected chi connectivity index (χ3v) is 8.40. The van der Waals surface area contributed by atoms with Crippen molar-refractivity contribution in [2.45, 2.75) is 39.0 Å². The van der Waals surface area contributed by atoms with E-state index >= 15 is 0 Å². The van der Waals surface area contributed by atoms with Gasteiger partial charge in [-0.1, -0.05) is 136 Å². The smallest absolute Gasteiger partial charge is 0.142 e. The Balaban J connectivity index is 1.49. The molecule has 1 aliphatic carbocycles. The zero-order valence-corrected chi connectivity index (χ0v) is 24.9. The lowest BCUT2D eigenvalue weighted by Crippen LogP contribution is -2.12. The fraction of sp³-hybridized carbons (Fsp3) is 0.143. The van der Waals surface area contributed by atoms with Crippen LogP contribution in [-0.2, 0) is 11.8 Å². The van der Waals surface area contributed by atoms with Crippen LogP contribution in [0.4, 0.5) is 0 Å². The number of hydrogen-bond donors (Lipinski definition) is 0. The van der Waals surface area contributed by atoms with E-state index in [-0.39, 0.29) is 5.41 Å². The molecule has 0 atom stereocenters. The van der Waals surface area contributed by atoms with Crippen LogP contribution in [0.15, 0.2) is 126 Å². The third kappa shape index (κ3) is 5.11. The third-order valence-electron chi connectivity index (χ3n) is 8.40. The molecular weight excluding hydrogens is 520 g/mol. The van der Waals surface area contributed by atoms with Gasteiger partial charge in [-0.05, 0) is 70.3 Å². The number of allylic oxidation sites excluding steroid dienone is 1. The predicted molar refractivity (Wildman–Crippen MR) is 180 cm³/mol. The van der Waals surface area contributed by atoms with Crippen molar-refractivity contribution in [3.05, 3.63) is 150 Å². The molecule has 1 heteroatoms. The maximum absolute atomic E-state index is 7.06. The van der Waals surface area contributed by atoms with Crippen LogP contribution >= 0.6 is 0 Å². The van der Waals surface area contributed by atoms with Gasteiger partial charge in [-0.25, -0.2) is 0 Å². The summed E-state index contributed by atoms with van der Waals surface area (Å²) >= 11 is 0. The summed E-state index contributed by atoms with van der Waals surface area (Å²) in [6, 6.07) is 47.4. The van der Waals surface area contributed by atoms with Crippen molar-refractivity contribution in [3.63, 3.8) is 0 Å². The number of rotatable bonds is 5. The van der Waals surface area contributed by atoms with Crippen LogP contribution in [0, 0.1) is 12.1 Å². The molecule has 0 aliphatic heterocycles. The Labute approximate surface area is 255 Å². The zero-order chi connectivity index (χ0) is 29.4. The molecule has 0 fully saturated rings. The highest BCUT2D eigenvalue weighted by atomic mass is 16.3. The van der Waals surface area contributed by atoms with E-state index in [0.29, 0.717) is 0 Å². The van der Waals surface area contributed by atoms with Crippen molar-refractivity contribution in [1.82, 2.24) is 0 Å². The molecule has 1 heterocycles. The van der Waals surface area contributed by atoms with Crippen molar-refractivity contribution in [3.8, 4) is 56.0 Å². The molecule has 0 radical (unpaired) electrons. The first-order chi connectivity index (χ1) is 21.0. The number of furan rings is 1. The van der Waals surface area contributed by atoms with Gasteiger partial charge in [0.15, 0.2) is 0 Å². The lowest BCUT2D eigenvalue weighted by atomic mass is 9.79. The van der Waals surface area contributed by atoms with Gasteiger partial charge < -0.3 is 4.42 Å². The highest BCUT2D eigenvalue weighted by Gasteiger charge is 2.28. The zero-order valence-electron chi connectivity index (χ0n) is 24.9. The Kier molecular flexibility index (Phi) is 6.84. The van der Waals surface area contributed by atoms with E-state index in [1.807, 2.05) is 12.1 Å². The minimum atomic E-state index is -0.0354. The van der Waals surface area contributed by atoms with Gasteiger partial charge in [-0.15, -0.1) is 0 Å². The van der Waals surface area contributed by atoms with Gasteiger partial charge in [-0.3, -0.25) is 0 Å². The van der Waals surface area contributed by atoms with Gasteiger partial charge in [0.2, 0.25) is 0 Å². The van der Waals surface area contributed by atoms with Crippen LogP contribution in [0.3, 0.4) is 0 Å². The molecular formula is C42H34O. The maximum atomic E-state index is 7.06. The van der Waals surface area contributed by atoms with Gasteiger partial charge in [0.05, 0.1) is 0 Å². The monoisotopic (exact) mass is 554 g/mol. The normalized spacial score (nSPS) is 12.5. The molecule has 0 saturated carbocycles. The van der Waals surface area contributed by atoms with E-state index in [2.05, 4.69) is 148 Å². The van der Waals surface area contributed by atoms with E-state index in [9.17, 15) is 0 Å². The van der Waals surface area contributed by atoms with Crippen LogP contribution in [-0.4, -0.2) is 0 Å². The van der Waals surface area contributed by atoms with E-state index in [1.165, 1.54) is 38.9 Å². The number of fused-ring (bicyclic) bond motifs is 1. The van der Waals surface area contributed by atoms with Crippen molar-refractivity contribution in [2.75, 3.05) is 0 Å². The minimum Gasteiger partial charge on any atom is -0.455 e. The first kappa shape index (κ1) is 26.8. The number of hydrogen-bond acceptors (Lipinski definition) is 1. The fourth-order valence-electron chi connectivity index (χ4n) is 6.08. The molecule has 43 heavy (non-hydrogen) atoms. The molecule has 0 saturated heterocycles. The van der Waals surface area contributed by atoms with Crippen molar-refractivity contribution in [2.24, 2.45) is 0 Å². The van der Waals surface area contributed by atoms with E-state index in [0.717, 1.165) is 46.6 Å². The van der Waals surface area contributed by atoms with Crippen LogP contribution < -0.4 is 0 Å². The molecule has 208 valence electrons. The molecule has 0 N–H and O–H groups in total. The topological polar surface area (TPSA) is 13.1 Å². The summed E-state index contributed by atoms with van der Waals surface area (Å²) < 4.78 is 7.06. The average Bonchev–Trinajstić information content (AvgIpc) is 3.44. The molecule has 0 spiro atoms. The van der Waals surface area contributed by atoms with Gasteiger partial charge in [0.1, 0.15) is 11.5 Å². The minimum absolute atomic E-state index is 0.0354. The molecule has 5 aromatic carbocycles. The van der Waals surface area contributed by atoms with Crippen molar-refractivity contribution in [1.29, 1.82) is 0 Å². The second-order valence-corrected chi connectivity index (χ2v) is 12.3. The van der Waals surface area contributed by atoms with Gasteiger partial charge >= 0.3 is 0 Å². The first-order valence-electron chi connectivity index (χ1n) is 15.1. The Hall–Kier alpha value is -5.06. The SMILES string of the molecule is CC(C)(C)c1cc(-c2c#cccc2)c(-c2oc(-c3ccc(-c4ccccc4)cc3)c3c2CCC=C3)c(-c2ccccc2)c1. The summed E-state index contributed by atoms with van der Waals surface area (Å²) in [5.41, 5.74) is 12.8. The molecule has 0 amide bonds. The first-order valence-corrected chi connectivity index (χ1v) is 15.1. The van der Waals surface area contributed by atoms with E-state index in [1.54, 1.807) is 0 Å². The van der Waals surface area contributed by atoms with Crippen molar-refractivity contribution >= 4 is 6.08 Å². The molecule has 1 nitrogen and oxygen atoms in total.